The summed E-state index contributed by atoms with van der Waals surface area (Å²) in [7, 11) is 0. The highest BCUT2D eigenvalue weighted by atomic mass is 79.9. The van der Waals surface area contributed by atoms with Gasteiger partial charge in [-0.3, -0.25) is 0 Å². The first-order valence-corrected chi connectivity index (χ1v) is 7.53. The monoisotopic (exact) mass is 353 g/mol. The molecule has 0 aliphatic heterocycles. The molecular weight excluding hydrogens is 337 g/mol. The van der Waals surface area contributed by atoms with Crippen LogP contribution in [-0.2, 0) is 0 Å². The van der Waals surface area contributed by atoms with Crippen molar-refractivity contribution in [3.63, 3.8) is 0 Å². The Kier molecular flexibility index (Phi) is 5.87. The average Bonchev–Trinajstić information content (AvgIpc) is 2.49. The van der Waals surface area contributed by atoms with Crippen molar-refractivity contribution in [2.75, 3.05) is 25.1 Å². The van der Waals surface area contributed by atoms with E-state index in [1.165, 1.54) is 6.07 Å². The first-order valence-electron chi connectivity index (χ1n) is 6.74. The van der Waals surface area contributed by atoms with E-state index in [0.29, 0.717) is 36.9 Å². The fourth-order valence-electron chi connectivity index (χ4n) is 1.82. The Labute approximate surface area is 132 Å². The predicted octanol–water partition coefficient (Wildman–Crippen LogP) is 4.48. The van der Waals surface area contributed by atoms with Crippen molar-refractivity contribution in [2.45, 2.75) is 6.92 Å². The Bertz CT molecular complexity index is 592. The van der Waals surface area contributed by atoms with Gasteiger partial charge in [0.05, 0.1) is 12.3 Å². The summed E-state index contributed by atoms with van der Waals surface area (Å²) in [6.45, 7) is 3.42. The van der Waals surface area contributed by atoms with Gasteiger partial charge in [-0.05, 0) is 37.3 Å². The van der Waals surface area contributed by atoms with Crippen LogP contribution in [-0.4, -0.2) is 19.8 Å². The van der Waals surface area contributed by atoms with Gasteiger partial charge in [-0.15, -0.1) is 0 Å². The smallest absolute Gasteiger partial charge is 0.161 e. The minimum atomic E-state index is -0.284. The van der Waals surface area contributed by atoms with E-state index < -0.39 is 0 Å². The summed E-state index contributed by atoms with van der Waals surface area (Å²) in [5.41, 5.74) is 0.450. The van der Waals surface area contributed by atoms with Crippen molar-refractivity contribution in [3.8, 4) is 11.5 Å². The Morgan fingerprint density at radius 2 is 1.81 bits per heavy atom. The summed E-state index contributed by atoms with van der Waals surface area (Å²) in [4.78, 5) is 0. The van der Waals surface area contributed by atoms with Gasteiger partial charge < -0.3 is 14.8 Å². The SMILES string of the molecule is CCOc1ccccc1OCCNc1cc(Br)ccc1F. The van der Waals surface area contributed by atoms with Crippen molar-refractivity contribution < 1.29 is 13.9 Å². The van der Waals surface area contributed by atoms with Crippen molar-refractivity contribution >= 4 is 21.6 Å². The second-order valence-electron chi connectivity index (χ2n) is 4.28. The van der Waals surface area contributed by atoms with Crippen LogP contribution in [0.5, 0.6) is 11.5 Å². The largest absolute Gasteiger partial charge is 0.490 e. The lowest BCUT2D eigenvalue weighted by Gasteiger charge is -2.12. The van der Waals surface area contributed by atoms with Crippen LogP contribution in [0, 0.1) is 5.82 Å². The van der Waals surface area contributed by atoms with Crippen LogP contribution < -0.4 is 14.8 Å². The van der Waals surface area contributed by atoms with Crippen molar-refractivity contribution in [2.24, 2.45) is 0 Å². The molecule has 112 valence electrons. The Hall–Kier alpha value is -1.75. The molecule has 2 rings (SSSR count). The maximum absolute atomic E-state index is 13.5. The third kappa shape index (κ3) is 4.63. The van der Waals surface area contributed by atoms with Gasteiger partial charge in [0.25, 0.3) is 0 Å². The molecule has 0 fully saturated rings. The average molecular weight is 354 g/mol. The highest BCUT2D eigenvalue weighted by molar-refractivity contribution is 9.10. The molecule has 0 heterocycles. The number of nitrogens with one attached hydrogen (secondary N) is 1. The molecule has 0 atom stereocenters. The van der Waals surface area contributed by atoms with Gasteiger partial charge in [0, 0.05) is 11.0 Å². The Morgan fingerprint density at radius 3 is 2.52 bits per heavy atom. The molecule has 0 aromatic heterocycles. The van der Waals surface area contributed by atoms with E-state index >= 15 is 0 Å². The first kappa shape index (κ1) is 15.6. The highest BCUT2D eigenvalue weighted by Crippen LogP contribution is 2.26. The molecular formula is C16H17BrFNO2. The third-order valence-corrected chi connectivity index (χ3v) is 3.25. The summed E-state index contributed by atoms with van der Waals surface area (Å²) in [5.74, 6) is 1.12. The summed E-state index contributed by atoms with van der Waals surface area (Å²) in [5, 5.41) is 3.00. The second kappa shape index (κ2) is 7.88. The van der Waals surface area contributed by atoms with E-state index in [2.05, 4.69) is 21.2 Å². The summed E-state index contributed by atoms with van der Waals surface area (Å²) in [6.07, 6.45) is 0. The van der Waals surface area contributed by atoms with Gasteiger partial charge in [0.2, 0.25) is 0 Å². The molecule has 2 aromatic carbocycles. The van der Waals surface area contributed by atoms with Gasteiger partial charge in [0.15, 0.2) is 11.5 Å². The van der Waals surface area contributed by atoms with E-state index in [9.17, 15) is 4.39 Å². The number of hydrogen-bond acceptors (Lipinski definition) is 3. The summed E-state index contributed by atoms with van der Waals surface area (Å²) in [6, 6.07) is 12.3. The van der Waals surface area contributed by atoms with Crippen molar-refractivity contribution in [1.29, 1.82) is 0 Å². The molecule has 21 heavy (non-hydrogen) atoms. The normalized spacial score (nSPS) is 10.2. The summed E-state index contributed by atoms with van der Waals surface area (Å²) < 4.78 is 25.5. The maximum Gasteiger partial charge on any atom is 0.161 e. The van der Waals surface area contributed by atoms with Gasteiger partial charge >= 0.3 is 0 Å². The molecule has 0 amide bonds. The number of halogens is 2. The predicted molar refractivity (Wildman–Crippen MR) is 85.7 cm³/mol. The zero-order valence-corrected chi connectivity index (χ0v) is 13.3. The third-order valence-electron chi connectivity index (χ3n) is 2.75. The minimum Gasteiger partial charge on any atom is -0.490 e. The molecule has 0 aliphatic carbocycles. The minimum absolute atomic E-state index is 0.284. The van der Waals surface area contributed by atoms with Crippen molar-refractivity contribution in [3.05, 3.63) is 52.8 Å². The number of benzene rings is 2. The standard InChI is InChI=1S/C16H17BrFNO2/c1-2-20-15-5-3-4-6-16(15)21-10-9-19-14-11-12(17)7-8-13(14)18/h3-8,11,19H,2,9-10H2,1H3. The van der Waals surface area contributed by atoms with Crippen LogP contribution in [0.2, 0.25) is 0 Å². The second-order valence-corrected chi connectivity index (χ2v) is 5.19. The molecule has 1 N–H and O–H groups in total. The van der Waals surface area contributed by atoms with E-state index in [-0.39, 0.29) is 5.82 Å². The van der Waals surface area contributed by atoms with Crippen LogP contribution in [0.15, 0.2) is 46.9 Å². The van der Waals surface area contributed by atoms with Crippen LogP contribution in [0.1, 0.15) is 6.92 Å². The fraction of sp³-hybridized carbons (Fsp3) is 0.250. The lowest BCUT2D eigenvalue weighted by molar-refractivity contribution is 0.284. The number of hydrogen-bond donors (Lipinski definition) is 1. The Balaban J connectivity index is 1.86. The quantitative estimate of drug-likeness (QED) is 0.744. The summed E-state index contributed by atoms with van der Waals surface area (Å²) >= 11 is 3.31. The van der Waals surface area contributed by atoms with Gasteiger partial charge in [-0.25, -0.2) is 4.39 Å². The lowest BCUT2D eigenvalue weighted by Crippen LogP contribution is -2.12. The van der Waals surface area contributed by atoms with E-state index in [0.717, 1.165) is 4.47 Å². The number of anilines is 1. The molecule has 0 saturated carbocycles. The molecule has 0 spiro atoms. The number of para-hydroxylation sites is 2. The lowest BCUT2D eigenvalue weighted by atomic mass is 10.3. The van der Waals surface area contributed by atoms with Gasteiger partial charge in [-0.2, -0.15) is 0 Å². The zero-order chi connectivity index (χ0) is 15.1. The molecule has 5 heteroatoms. The van der Waals surface area contributed by atoms with Crippen LogP contribution in [0.4, 0.5) is 10.1 Å². The molecule has 3 nitrogen and oxygen atoms in total. The highest BCUT2D eigenvalue weighted by Gasteiger charge is 2.04. The van der Waals surface area contributed by atoms with E-state index in [4.69, 9.17) is 9.47 Å². The molecule has 0 saturated heterocycles. The van der Waals surface area contributed by atoms with Gasteiger partial charge in [-0.1, -0.05) is 28.1 Å². The topological polar surface area (TPSA) is 30.5 Å². The van der Waals surface area contributed by atoms with Crippen LogP contribution in [0.3, 0.4) is 0 Å². The maximum atomic E-state index is 13.5. The van der Waals surface area contributed by atoms with E-state index in [1.807, 2.05) is 31.2 Å². The zero-order valence-electron chi connectivity index (χ0n) is 11.7. The number of rotatable bonds is 7. The fourth-order valence-corrected chi connectivity index (χ4v) is 2.18. The molecule has 0 bridgehead atoms. The number of ether oxygens (including phenoxy) is 2. The van der Waals surface area contributed by atoms with E-state index in [1.54, 1.807) is 12.1 Å². The van der Waals surface area contributed by atoms with Gasteiger partial charge in [0.1, 0.15) is 12.4 Å². The van der Waals surface area contributed by atoms with Crippen LogP contribution in [0.25, 0.3) is 0 Å². The Morgan fingerprint density at radius 1 is 1.10 bits per heavy atom. The van der Waals surface area contributed by atoms with Crippen molar-refractivity contribution in [1.82, 2.24) is 0 Å². The first-order chi connectivity index (χ1) is 10.2. The molecule has 2 aromatic rings. The molecule has 0 aliphatic rings. The molecule has 0 unspecified atom stereocenters. The van der Waals surface area contributed by atoms with Crippen LogP contribution >= 0.6 is 15.9 Å². The molecule has 0 radical (unpaired) electrons.